The first kappa shape index (κ1) is 14.5. The van der Waals surface area contributed by atoms with Crippen LogP contribution in [0, 0.1) is 13.8 Å². The molecule has 0 fully saturated rings. The van der Waals surface area contributed by atoms with Crippen molar-refractivity contribution in [3.05, 3.63) is 22.8 Å². The number of nitrogens with zero attached hydrogens (tertiary/aromatic N) is 2. The standard InChI is InChI=1S/C12H18N2O4/c1-8-11(12(15)16)9(2)14-10(13-8)4-5-18-7-6-17-3/h4-7H2,1-3H3,(H,15,16). The summed E-state index contributed by atoms with van der Waals surface area (Å²) in [5, 5.41) is 8.99. The predicted molar refractivity (Wildman–Crippen MR) is 64.9 cm³/mol. The van der Waals surface area contributed by atoms with Gasteiger partial charge in [0.25, 0.3) is 0 Å². The summed E-state index contributed by atoms with van der Waals surface area (Å²) in [6.45, 7) is 4.92. The van der Waals surface area contributed by atoms with Crippen LogP contribution in [-0.2, 0) is 15.9 Å². The van der Waals surface area contributed by atoms with Crippen molar-refractivity contribution in [2.75, 3.05) is 26.9 Å². The lowest BCUT2D eigenvalue weighted by Gasteiger charge is -2.07. The number of rotatable bonds is 7. The molecule has 1 aromatic rings. The fraction of sp³-hybridized carbons (Fsp3) is 0.583. The second kappa shape index (κ2) is 7.03. The molecule has 1 heterocycles. The van der Waals surface area contributed by atoms with Gasteiger partial charge in [0.15, 0.2) is 0 Å². The number of carbonyl (C=O) groups is 1. The predicted octanol–water partition coefficient (Wildman–Crippen LogP) is 0.997. The Hall–Kier alpha value is -1.53. The Morgan fingerprint density at radius 1 is 1.17 bits per heavy atom. The van der Waals surface area contributed by atoms with Gasteiger partial charge in [-0.05, 0) is 13.8 Å². The average molecular weight is 254 g/mol. The van der Waals surface area contributed by atoms with E-state index in [0.29, 0.717) is 43.5 Å². The van der Waals surface area contributed by atoms with Crippen molar-refractivity contribution in [1.29, 1.82) is 0 Å². The molecule has 0 aromatic carbocycles. The zero-order valence-electron chi connectivity index (χ0n) is 10.9. The number of aromatic nitrogens is 2. The molecular weight excluding hydrogens is 236 g/mol. The third-order valence-electron chi connectivity index (χ3n) is 2.43. The lowest BCUT2D eigenvalue weighted by molar-refractivity contribution is 0.0693. The topological polar surface area (TPSA) is 81.5 Å². The first-order chi connectivity index (χ1) is 8.56. The summed E-state index contributed by atoms with van der Waals surface area (Å²) in [7, 11) is 1.61. The van der Waals surface area contributed by atoms with Gasteiger partial charge in [0.05, 0.1) is 31.2 Å². The van der Waals surface area contributed by atoms with Crippen LogP contribution in [0.3, 0.4) is 0 Å². The second-order valence-corrected chi connectivity index (χ2v) is 3.85. The van der Waals surface area contributed by atoms with Crippen LogP contribution in [0.5, 0.6) is 0 Å². The Morgan fingerprint density at radius 2 is 1.78 bits per heavy atom. The number of ether oxygens (including phenoxy) is 2. The lowest BCUT2D eigenvalue weighted by atomic mass is 10.1. The van der Waals surface area contributed by atoms with Crippen molar-refractivity contribution in [1.82, 2.24) is 9.97 Å². The van der Waals surface area contributed by atoms with Crippen LogP contribution in [0.2, 0.25) is 0 Å². The molecule has 0 bridgehead atoms. The average Bonchev–Trinajstić information content (AvgIpc) is 2.27. The molecular formula is C12H18N2O4. The fourth-order valence-electron chi connectivity index (χ4n) is 1.61. The minimum Gasteiger partial charge on any atom is -0.478 e. The van der Waals surface area contributed by atoms with E-state index in [1.165, 1.54) is 0 Å². The van der Waals surface area contributed by atoms with Gasteiger partial charge in [-0.2, -0.15) is 0 Å². The van der Waals surface area contributed by atoms with Gasteiger partial charge in [-0.3, -0.25) is 0 Å². The Balaban J connectivity index is 2.61. The first-order valence-corrected chi connectivity index (χ1v) is 5.70. The van der Waals surface area contributed by atoms with Gasteiger partial charge in [0, 0.05) is 13.5 Å². The van der Waals surface area contributed by atoms with Crippen molar-refractivity contribution in [3.63, 3.8) is 0 Å². The molecule has 0 aliphatic heterocycles. The summed E-state index contributed by atoms with van der Waals surface area (Å²) in [4.78, 5) is 19.3. The molecule has 1 rings (SSSR count). The molecule has 0 aliphatic carbocycles. The van der Waals surface area contributed by atoms with Gasteiger partial charge in [0.2, 0.25) is 0 Å². The van der Waals surface area contributed by atoms with E-state index in [1.807, 2.05) is 0 Å². The molecule has 0 aliphatic rings. The molecule has 0 spiro atoms. The van der Waals surface area contributed by atoms with Crippen LogP contribution >= 0.6 is 0 Å². The van der Waals surface area contributed by atoms with Crippen molar-refractivity contribution in [2.24, 2.45) is 0 Å². The Labute approximate surface area is 106 Å². The highest BCUT2D eigenvalue weighted by Gasteiger charge is 2.14. The van der Waals surface area contributed by atoms with E-state index in [4.69, 9.17) is 14.6 Å². The van der Waals surface area contributed by atoms with E-state index in [0.717, 1.165) is 0 Å². The highest BCUT2D eigenvalue weighted by Crippen LogP contribution is 2.10. The Bertz CT molecular complexity index is 398. The molecule has 0 radical (unpaired) electrons. The minimum absolute atomic E-state index is 0.180. The van der Waals surface area contributed by atoms with E-state index >= 15 is 0 Å². The van der Waals surface area contributed by atoms with Gasteiger partial charge < -0.3 is 14.6 Å². The number of carboxylic acid groups (broad SMARTS) is 1. The van der Waals surface area contributed by atoms with Crippen LogP contribution < -0.4 is 0 Å². The van der Waals surface area contributed by atoms with Crippen LogP contribution in [0.1, 0.15) is 27.6 Å². The van der Waals surface area contributed by atoms with Gasteiger partial charge in [-0.1, -0.05) is 0 Å². The van der Waals surface area contributed by atoms with Crippen LogP contribution in [0.25, 0.3) is 0 Å². The second-order valence-electron chi connectivity index (χ2n) is 3.85. The number of aryl methyl sites for hydroxylation is 2. The summed E-state index contributed by atoms with van der Waals surface area (Å²) < 4.78 is 10.2. The number of hydrogen-bond acceptors (Lipinski definition) is 5. The molecule has 6 nitrogen and oxygen atoms in total. The van der Waals surface area contributed by atoms with Crippen LogP contribution in [0.15, 0.2) is 0 Å². The summed E-state index contributed by atoms with van der Waals surface area (Å²) in [5.74, 6) is -0.389. The number of hydrogen-bond donors (Lipinski definition) is 1. The number of aromatic carboxylic acids is 1. The molecule has 0 amide bonds. The van der Waals surface area contributed by atoms with E-state index in [9.17, 15) is 4.79 Å². The summed E-state index contributed by atoms with van der Waals surface area (Å²) in [5.41, 5.74) is 1.16. The van der Waals surface area contributed by atoms with E-state index in [2.05, 4.69) is 9.97 Å². The maximum Gasteiger partial charge on any atom is 0.339 e. The quantitative estimate of drug-likeness (QED) is 0.731. The molecule has 18 heavy (non-hydrogen) atoms. The number of methoxy groups -OCH3 is 1. The van der Waals surface area contributed by atoms with Crippen molar-refractivity contribution in [3.8, 4) is 0 Å². The molecule has 0 saturated carbocycles. The molecule has 0 unspecified atom stereocenters. The summed E-state index contributed by atoms with van der Waals surface area (Å²) in [6, 6.07) is 0. The smallest absolute Gasteiger partial charge is 0.339 e. The molecule has 1 N–H and O–H groups in total. The largest absolute Gasteiger partial charge is 0.478 e. The summed E-state index contributed by atoms with van der Waals surface area (Å²) in [6.07, 6.45) is 0.561. The van der Waals surface area contributed by atoms with Gasteiger partial charge in [-0.25, -0.2) is 14.8 Å². The lowest BCUT2D eigenvalue weighted by Crippen LogP contribution is -2.12. The van der Waals surface area contributed by atoms with Gasteiger partial charge in [-0.15, -0.1) is 0 Å². The van der Waals surface area contributed by atoms with Gasteiger partial charge in [0.1, 0.15) is 11.4 Å². The van der Waals surface area contributed by atoms with Crippen LogP contribution in [0.4, 0.5) is 0 Å². The van der Waals surface area contributed by atoms with Crippen LogP contribution in [-0.4, -0.2) is 48.0 Å². The number of carboxylic acids is 1. The normalized spacial score (nSPS) is 10.6. The molecule has 1 aromatic heterocycles. The minimum atomic E-state index is -0.993. The van der Waals surface area contributed by atoms with Crippen molar-refractivity contribution < 1.29 is 19.4 Å². The van der Waals surface area contributed by atoms with Gasteiger partial charge >= 0.3 is 5.97 Å². The highest BCUT2D eigenvalue weighted by atomic mass is 16.5. The Morgan fingerprint density at radius 3 is 2.28 bits per heavy atom. The molecule has 6 heteroatoms. The van der Waals surface area contributed by atoms with E-state index < -0.39 is 5.97 Å². The maximum absolute atomic E-state index is 11.0. The Kier molecular flexibility index (Phi) is 5.67. The highest BCUT2D eigenvalue weighted by molar-refractivity contribution is 5.89. The van der Waals surface area contributed by atoms with E-state index in [-0.39, 0.29) is 5.56 Å². The maximum atomic E-state index is 11.0. The zero-order valence-corrected chi connectivity index (χ0v) is 10.9. The third kappa shape index (κ3) is 4.05. The summed E-state index contributed by atoms with van der Waals surface area (Å²) >= 11 is 0. The fourth-order valence-corrected chi connectivity index (χ4v) is 1.61. The molecule has 0 saturated heterocycles. The SMILES string of the molecule is COCCOCCc1nc(C)c(C(=O)O)c(C)n1. The van der Waals surface area contributed by atoms with Crippen molar-refractivity contribution >= 4 is 5.97 Å². The monoisotopic (exact) mass is 254 g/mol. The first-order valence-electron chi connectivity index (χ1n) is 5.70. The van der Waals surface area contributed by atoms with E-state index in [1.54, 1.807) is 21.0 Å². The third-order valence-corrected chi connectivity index (χ3v) is 2.43. The molecule has 0 atom stereocenters. The molecule has 100 valence electrons. The van der Waals surface area contributed by atoms with Crippen molar-refractivity contribution in [2.45, 2.75) is 20.3 Å². The zero-order chi connectivity index (χ0) is 13.5.